The molecule has 162 valence electrons. The van der Waals surface area contributed by atoms with E-state index in [0.717, 1.165) is 4.70 Å². The van der Waals surface area contributed by atoms with Crippen molar-refractivity contribution in [3.8, 4) is 17.2 Å². The number of aromatic nitrogens is 1. The maximum absolute atomic E-state index is 12.4. The number of rotatable bonds is 8. The van der Waals surface area contributed by atoms with Gasteiger partial charge in [-0.05, 0) is 48.9 Å². The predicted octanol–water partition coefficient (Wildman–Crippen LogP) is 4.15. The van der Waals surface area contributed by atoms with Gasteiger partial charge < -0.3 is 18.9 Å². The molecule has 0 spiro atoms. The van der Waals surface area contributed by atoms with Crippen molar-refractivity contribution in [2.75, 3.05) is 33.3 Å². The molecule has 0 bridgehead atoms. The summed E-state index contributed by atoms with van der Waals surface area (Å²) in [4.78, 5) is 28.6. The van der Waals surface area contributed by atoms with Crippen LogP contribution in [0.5, 0.6) is 17.2 Å². The molecule has 1 aromatic heterocycles. The van der Waals surface area contributed by atoms with Gasteiger partial charge in [-0.2, -0.15) is 0 Å². The van der Waals surface area contributed by atoms with E-state index < -0.39 is 5.97 Å². The third kappa shape index (κ3) is 5.13. The third-order valence-electron chi connectivity index (χ3n) is 4.24. The van der Waals surface area contributed by atoms with Gasteiger partial charge in [0.05, 0.1) is 43.7 Å². The predicted molar refractivity (Wildman–Crippen MR) is 119 cm³/mol. The van der Waals surface area contributed by atoms with Crippen LogP contribution in [0, 0.1) is 0 Å². The Balaban J connectivity index is 1.75. The van der Waals surface area contributed by atoms with Gasteiger partial charge in [0.2, 0.25) is 11.7 Å². The fraction of sp³-hybridized carbons (Fsp3) is 0.227. The molecule has 0 saturated carbocycles. The molecule has 0 aliphatic carbocycles. The van der Waals surface area contributed by atoms with Crippen LogP contribution in [-0.4, -0.2) is 44.8 Å². The Morgan fingerprint density at radius 1 is 1.06 bits per heavy atom. The Morgan fingerprint density at radius 3 is 2.39 bits per heavy atom. The van der Waals surface area contributed by atoms with Crippen LogP contribution in [0.3, 0.4) is 0 Å². The summed E-state index contributed by atoms with van der Waals surface area (Å²) >= 11 is 1.27. The maximum Gasteiger partial charge on any atom is 0.338 e. The molecule has 0 saturated heterocycles. The highest BCUT2D eigenvalue weighted by molar-refractivity contribution is 7.22. The lowest BCUT2D eigenvalue weighted by atomic mass is 10.1. The summed E-state index contributed by atoms with van der Waals surface area (Å²) in [5.74, 6) is 0.717. The van der Waals surface area contributed by atoms with Crippen molar-refractivity contribution in [2.45, 2.75) is 6.92 Å². The van der Waals surface area contributed by atoms with Crippen LogP contribution in [0.2, 0.25) is 0 Å². The third-order valence-corrected chi connectivity index (χ3v) is 5.18. The van der Waals surface area contributed by atoms with E-state index in [9.17, 15) is 9.59 Å². The number of ether oxygens (including phenoxy) is 4. The fourth-order valence-electron chi connectivity index (χ4n) is 2.84. The van der Waals surface area contributed by atoms with E-state index >= 15 is 0 Å². The van der Waals surface area contributed by atoms with Crippen molar-refractivity contribution in [3.63, 3.8) is 0 Å². The zero-order chi connectivity index (χ0) is 22.4. The van der Waals surface area contributed by atoms with Gasteiger partial charge in [0.1, 0.15) is 0 Å². The van der Waals surface area contributed by atoms with E-state index in [1.807, 2.05) is 0 Å². The lowest BCUT2D eigenvalue weighted by molar-refractivity contribution is -0.111. The summed E-state index contributed by atoms with van der Waals surface area (Å²) in [5.41, 5.74) is 1.83. The van der Waals surface area contributed by atoms with E-state index in [1.54, 1.807) is 43.3 Å². The number of nitrogens with zero attached hydrogens (tertiary/aromatic N) is 1. The summed E-state index contributed by atoms with van der Waals surface area (Å²) in [6, 6.07) is 8.54. The number of methoxy groups -OCH3 is 3. The number of amides is 1. The van der Waals surface area contributed by atoms with Crippen molar-refractivity contribution < 1.29 is 28.5 Å². The van der Waals surface area contributed by atoms with Gasteiger partial charge in [-0.15, -0.1) is 0 Å². The van der Waals surface area contributed by atoms with Crippen molar-refractivity contribution in [1.82, 2.24) is 4.98 Å². The van der Waals surface area contributed by atoms with Gasteiger partial charge in [-0.25, -0.2) is 9.78 Å². The molecular weight excluding hydrogens is 420 g/mol. The molecule has 8 nitrogen and oxygen atoms in total. The van der Waals surface area contributed by atoms with E-state index in [0.29, 0.717) is 45.6 Å². The Bertz CT molecular complexity index is 1110. The zero-order valence-corrected chi connectivity index (χ0v) is 18.4. The van der Waals surface area contributed by atoms with Crippen LogP contribution in [0.4, 0.5) is 5.13 Å². The van der Waals surface area contributed by atoms with Gasteiger partial charge in [-0.3, -0.25) is 10.1 Å². The van der Waals surface area contributed by atoms with Crippen LogP contribution in [-0.2, 0) is 9.53 Å². The van der Waals surface area contributed by atoms with Crippen molar-refractivity contribution in [3.05, 3.63) is 47.5 Å². The number of hydrogen-bond acceptors (Lipinski definition) is 8. The number of fused-ring (bicyclic) bond motifs is 1. The second-order valence-electron chi connectivity index (χ2n) is 6.20. The highest BCUT2D eigenvalue weighted by Crippen LogP contribution is 2.38. The molecule has 1 amide bonds. The minimum Gasteiger partial charge on any atom is -0.493 e. The van der Waals surface area contributed by atoms with Gasteiger partial charge in [0.15, 0.2) is 16.6 Å². The number of hydrogen-bond donors (Lipinski definition) is 1. The lowest BCUT2D eigenvalue weighted by Gasteiger charge is -2.12. The summed E-state index contributed by atoms with van der Waals surface area (Å²) in [7, 11) is 4.58. The van der Waals surface area contributed by atoms with Gasteiger partial charge in [0, 0.05) is 6.08 Å². The SMILES string of the molecule is CCOC(=O)c1ccc2nc(NC(=O)/C=C/c3cc(OC)c(OC)c(OC)c3)sc2c1. The fourth-order valence-corrected chi connectivity index (χ4v) is 3.74. The second kappa shape index (κ2) is 9.94. The molecule has 3 rings (SSSR count). The summed E-state index contributed by atoms with van der Waals surface area (Å²) in [6.45, 7) is 2.06. The Morgan fingerprint density at radius 2 is 1.77 bits per heavy atom. The Hall–Kier alpha value is -3.59. The monoisotopic (exact) mass is 442 g/mol. The second-order valence-corrected chi connectivity index (χ2v) is 7.23. The van der Waals surface area contributed by atoms with Crippen LogP contribution >= 0.6 is 11.3 Å². The molecule has 1 N–H and O–H groups in total. The summed E-state index contributed by atoms with van der Waals surface area (Å²) in [6.07, 6.45) is 3.02. The zero-order valence-electron chi connectivity index (χ0n) is 17.6. The molecule has 1 heterocycles. The van der Waals surface area contributed by atoms with E-state index in [4.69, 9.17) is 18.9 Å². The molecule has 0 aliphatic rings. The van der Waals surface area contributed by atoms with Gasteiger partial charge in [-0.1, -0.05) is 11.3 Å². The van der Waals surface area contributed by atoms with Crippen LogP contribution in [0.15, 0.2) is 36.4 Å². The highest BCUT2D eigenvalue weighted by atomic mass is 32.1. The first kappa shape index (κ1) is 22.1. The normalized spacial score (nSPS) is 10.8. The van der Waals surface area contributed by atoms with E-state index in [1.165, 1.54) is 38.7 Å². The average Bonchev–Trinajstić information content (AvgIpc) is 3.18. The van der Waals surface area contributed by atoms with Gasteiger partial charge in [0.25, 0.3) is 0 Å². The molecule has 2 aromatic carbocycles. The summed E-state index contributed by atoms with van der Waals surface area (Å²) in [5, 5.41) is 3.16. The van der Waals surface area contributed by atoms with E-state index in [-0.39, 0.29) is 5.91 Å². The number of anilines is 1. The molecule has 0 atom stereocenters. The molecule has 3 aromatic rings. The van der Waals surface area contributed by atoms with Crippen molar-refractivity contribution in [2.24, 2.45) is 0 Å². The largest absolute Gasteiger partial charge is 0.493 e. The Labute approximate surface area is 183 Å². The number of benzene rings is 2. The van der Waals surface area contributed by atoms with Gasteiger partial charge >= 0.3 is 5.97 Å². The smallest absolute Gasteiger partial charge is 0.338 e. The highest BCUT2D eigenvalue weighted by Gasteiger charge is 2.13. The molecule has 0 radical (unpaired) electrons. The number of carbonyl (C=O) groups excluding carboxylic acids is 2. The summed E-state index contributed by atoms with van der Waals surface area (Å²) < 4.78 is 21.7. The number of carbonyl (C=O) groups is 2. The quantitative estimate of drug-likeness (QED) is 0.413. The molecule has 0 unspecified atom stereocenters. The first-order valence-corrected chi connectivity index (χ1v) is 10.2. The Kier molecular flexibility index (Phi) is 7.09. The molecule has 0 aliphatic heterocycles. The number of esters is 1. The maximum atomic E-state index is 12.4. The topological polar surface area (TPSA) is 96.0 Å². The molecular formula is C22H22N2O6S. The van der Waals surface area contributed by atoms with E-state index in [2.05, 4.69) is 10.3 Å². The van der Waals surface area contributed by atoms with Crippen LogP contribution in [0.25, 0.3) is 16.3 Å². The molecule has 0 fully saturated rings. The molecule has 31 heavy (non-hydrogen) atoms. The molecule has 9 heteroatoms. The van der Waals surface area contributed by atoms with Crippen LogP contribution < -0.4 is 19.5 Å². The average molecular weight is 442 g/mol. The lowest BCUT2D eigenvalue weighted by Crippen LogP contribution is -2.07. The van der Waals surface area contributed by atoms with Crippen LogP contribution in [0.1, 0.15) is 22.8 Å². The minimum atomic E-state index is -0.392. The first-order chi connectivity index (χ1) is 15.0. The van der Waals surface area contributed by atoms with Crippen molar-refractivity contribution in [1.29, 1.82) is 0 Å². The number of nitrogens with one attached hydrogen (secondary N) is 1. The minimum absolute atomic E-state index is 0.305. The van der Waals surface area contributed by atoms with Crippen molar-refractivity contribution >= 4 is 44.6 Å². The standard InChI is InChI=1S/C22H22N2O6S/c1-5-30-21(26)14-7-8-15-18(12-14)31-22(23-15)24-19(25)9-6-13-10-16(27-2)20(29-4)17(11-13)28-3/h6-12H,5H2,1-4H3,(H,23,24,25)/b9-6+. The first-order valence-electron chi connectivity index (χ1n) is 9.35. The number of thiazole rings is 1.